The van der Waals surface area contributed by atoms with Gasteiger partial charge in [0.05, 0.1) is 16.5 Å². The second kappa shape index (κ2) is 8.39. The molecule has 0 saturated heterocycles. The molecule has 3 aromatic carbocycles. The number of H-pyrrole nitrogens is 1. The molecule has 4 aromatic rings. The van der Waals surface area contributed by atoms with Gasteiger partial charge in [0, 0.05) is 5.56 Å². The number of fused-ring (bicyclic) bond motifs is 1. The summed E-state index contributed by atoms with van der Waals surface area (Å²) in [6, 6.07) is 23.5. The highest BCUT2D eigenvalue weighted by Crippen LogP contribution is 2.16. The van der Waals surface area contributed by atoms with Crippen LogP contribution in [0, 0.1) is 0 Å². The van der Waals surface area contributed by atoms with E-state index in [0.29, 0.717) is 33.6 Å². The van der Waals surface area contributed by atoms with Gasteiger partial charge in [0.15, 0.2) is 0 Å². The van der Waals surface area contributed by atoms with E-state index in [1.807, 2.05) is 42.5 Å². The number of nitrogens with one attached hydrogen (secondary N) is 1. The zero-order chi connectivity index (χ0) is 20.1. The lowest BCUT2D eigenvalue weighted by Gasteiger charge is -2.11. The molecule has 1 N–H and O–H groups in total. The highest BCUT2D eigenvalue weighted by molar-refractivity contribution is 5.91. The summed E-state index contributed by atoms with van der Waals surface area (Å²) in [5, 5.41) is 0.492. The lowest BCUT2D eigenvalue weighted by atomic mass is 10.1. The minimum atomic E-state index is -0.506. The second-order valence-electron chi connectivity index (χ2n) is 6.36. The van der Waals surface area contributed by atoms with E-state index in [1.54, 1.807) is 36.4 Å². The summed E-state index contributed by atoms with van der Waals surface area (Å²) in [5.41, 5.74) is 1.41. The average Bonchev–Trinajstić information content (AvgIpc) is 2.77. The van der Waals surface area contributed by atoms with Gasteiger partial charge in [-0.15, -0.1) is 0 Å². The minimum Gasteiger partial charge on any atom is -0.489 e. The van der Waals surface area contributed by atoms with Crippen molar-refractivity contribution in [2.45, 2.75) is 13.2 Å². The van der Waals surface area contributed by atoms with Gasteiger partial charge in [0.1, 0.15) is 24.8 Å². The van der Waals surface area contributed by atoms with E-state index in [1.165, 1.54) is 0 Å². The fourth-order valence-corrected chi connectivity index (χ4v) is 2.94. The molecule has 29 heavy (non-hydrogen) atoms. The summed E-state index contributed by atoms with van der Waals surface area (Å²) in [5.74, 6) is 0.502. The number of nitrogens with zero attached hydrogens (tertiary/aromatic N) is 1. The second-order valence-corrected chi connectivity index (χ2v) is 6.36. The fraction of sp³-hybridized carbons (Fsp3) is 0.0870. The van der Waals surface area contributed by atoms with Gasteiger partial charge < -0.3 is 14.5 Å². The molecule has 0 spiro atoms. The maximum Gasteiger partial charge on any atom is 0.338 e. The van der Waals surface area contributed by atoms with E-state index in [0.717, 1.165) is 0 Å². The van der Waals surface area contributed by atoms with Crippen molar-refractivity contribution in [3.8, 4) is 5.75 Å². The van der Waals surface area contributed by atoms with Gasteiger partial charge in [-0.2, -0.15) is 0 Å². The fourth-order valence-electron chi connectivity index (χ4n) is 2.94. The van der Waals surface area contributed by atoms with Crippen LogP contribution in [0.3, 0.4) is 0 Å². The maximum absolute atomic E-state index is 12.6. The monoisotopic (exact) mass is 386 g/mol. The summed E-state index contributed by atoms with van der Waals surface area (Å²) < 4.78 is 11.1. The largest absolute Gasteiger partial charge is 0.489 e. The molecular weight excluding hydrogens is 368 g/mol. The molecule has 0 bridgehead atoms. The molecule has 4 rings (SSSR count). The van der Waals surface area contributed by atoms with Crippen molar-refractivity contribution in [3.05, 3.63) is 106 Å². The van der Waals surface area contributed by atoms with Crippen molar-refractivity contribution in [3.63, 3.8) is 0 Å². The Morgan fingerprint density at radius 1 is 0.862 bits per heavy atom. The van der Waals surface area contributed by atoms with Crippen LogP contribution >= 0.6 is 0 Å². The van der Waals surface area contributed by atoms with Crippen LogP contribution in [0.2, 0.25) is 0 Å². The molecule has 0 fully saturated rings. The number of aromatic nitrogens is 2. The Bertz CT molecular complexity index is 1200. The number of esters is 1. The number of benzene rings is 3. The van der Waals surface area contributed by atoms with Gasteiger partial charge in [0.25, 0.3) is 5.56 Å². The van der Waals surface area contributed by atoms with E-state index >= 15 is 0 Å². The molecule has 1 heterocycles. The number of aromatic amines is 1. The molecule has 0 atom stereocenters. The highest BCUT2D eigenvalue weighted by Gasteiger charge is 2.14. The van der Waals surface area contributed by atoms with E-state index in [9.17, 15) is 9.59 Å². The smallest absolute Gasteiger partial charge is 0.338 e. The van der Waals surface area contributed by atoms with Crippen LogP contribution in [0.1, 0.15) is 21.7 Å². The highest BCUT2D eigenvalue weighted by atomic mass is 16.5. The molecule has 0 radical (unpaired) electrons. The number of hydrogen-bond donors (Lipinski definition) is 1. The van der Waals surface area contributed by atoms with Crippen LogP contribution in [0.25, 0.3) is 10.9 Å². The molecule has 0 saturated carbocycles. The zero-order valence-electron chi connectivity index (χ0n) is 15.5. The lowest BCUT2D eigenvalue weighted by Crippen LogP contribution is -2.15. The van der Waals surface area contributed by atoms with Crippen molar-refractivity contribution >= 4 is 16.9 Å². The first-order valence-corrected chi connectivity index (χ1v) is 9.11. The minimum absolute atomic E-state index is 0.132. The van der Waals surface area contributed by atoms with Crippen molar-refractivity contribution < 1.29 is 14.3 Å². The quantitative estimate of drug-likeness (QED) is 0.509. The van der Waals surface area contributed by atoms with Crippen LogP contribution in [0.5, 0.6) is 5.75 Å². The van der Waals surface area contributed by atoms with Gasteiger partial charge in [0.2, 0.25) is 0 Å². The third kappa shape index (κ3) is 4.32. The van der Waals surface area contributed by atoms with E-state index in [2.05, 4.69) is 9.97 Å². The topological polar surface area (TPSA) is 81.3 Å². The summed E-state index contributed by atoms with van der Waals surface area (Å²) in [7, 11) is 0. The van der Waals surface area contributed by atoms with Gasteiger partial charge >= 0.3 is 5.97 Å². The van der Waals surface area contributed by atoms with Crippen molar-refractivity contribution in [2.24, 2.45) is 0 Å². The average molecular weight is 386 g/mol. The molecule has 1 aromatic heterocycles. The summed E-state index contributed by atoms with van der Waals surface area (Å²) in [6.45, 7) is 0.104. The Morgan fingerprint density at radius 2 is 1.59 bits per heavy atom. The van der Waals surface area contributed by atoms with Crippen molar-refractivity contribution in [1.82, 2.24) is 9.97 Å². The molecule has 6 heteroatoms. The Balaban J connectivity index is 1.47. The molecule has 0 amide bonds. The Labute approximate surface area is 166 Å². The first kappa shape index (κ1) is 18.4. The normalized spacial score (nSPS) is 10.6. The van der Waals surface area contributed by atoms with Crippen molar-refractivity contribution in [2.75, 3.05) is 0 Å². The van der Waals surface area contributed by atoms with E-state index in [4.69, 9.17) is 9.47 Å². The van der Waals surface area contributed by atoms with Gasteiger partial charge in [-0.05, 0) is 30.3 Å². The predicted molar refractivity (Wildman–Crippen MR) is 109 cm³/mol. The molecule has 144 valence electrons. The van der Waals surface area contributed by atoms with Crippen LogP contribution in [-0.2, 0) is 18.0 Å². The molecule has 0 aliphatic heterocycles. The first-order valence-electron chi connectivity index (χ1n) is 9.11. The van der Waals surface area contributed by atoms with E-state index < -0.39 is 5.97 Å². The van der Waals surface area contributed by atoms with Crippen LogP contribution in [0.15, 0.2) is 83.7 Å². The zero-order valence-corrected chi connectivity index (χ0v) is 15.5. The number of carbonyl (C=O) groups is 1. The van der Waals surface area contributed by atoms with Crippen LogP contribution < -0.4 is 10.3 Å². The lowest BCUT2D eigenvalue weighted by molar-refractivity contribution is 0.0459. The number of rotatable bonds is 6. The summed E-state index contributed by atoms with van der Waals surface area (Å²) in [6.07, 6.45) is 0. The molecule has 0 aliphatic rings. The number of para-hydroxylation sites is 2. The van der Waals surface area contributed by atoms with E-state index in [-0.39, 0.29) is 18.8 Å². The SMILES string of the molecule is O=C(OCc1nc2ccccc2c(=O)[nH]1)c1ccccc1COc1ccccc1. The molecule has 6 nitrogen and oxygen atoms in total. The van der Waals surface area contributed by atoms with Gasteiger partial charge in [-0.1, -0.05) is 48.5 Å². The number of carbonyl (C=O) groups excluding carboxylic acids is 1. The molecule has 0 aliphatic carbocycles. The Hall–Kier alpha value is -3.93. The number of ether oxygens (including phenoxy) is 2. The first-order chi connectivity index (χ1) is 14.2. The molecule has 0 unspecified atom stereocenters. The van der Waals surface area contributed by atoms with Gasteiger partial charge in [-0.3, -0.25) is 4.79 Å². The standard InChI is InChI=1S/C23H18N2O4/c26-22-19-12-6-7-13-20(19)24-21(25-22)15-29-23(27)18-11-5-4-8-16(18)14-28-17-9-2-1-3-10-17/h1-13H,14-15H2,(H,24,25,26). The summed E-state index contributed by atoms with van der Waals surface area (Å²) >= 11 is 0. The van der Waals surface area contributed by atoms with Crippen LogP contribution in [0.4, 0.5) is 0 Å². The third-order valence-electron chi connectivity index (χ3n) is 4.38. The number of hydrogen-bond acceptors (Lipinski definition) is 5. The summed E-state index contributed by atoms with van der Waals surface area (Å²) in [4.78, 5) is 31.7. The predicted octanol–water partition coefficient (Wildman–Crippen LogP) is 3.86. The Kier molecular flexibility index (Phi) is 5.33. The molecular formula is C23H18N2O4. The Morgan fingerprint density at radius 3 is 2.45 bits per heavy atom. The van der Waals surface area contributed by atoms with Gasteiger partial charge in [-0.25, -0.2) is 9.78 Å². The third-order valence-corrected chi connectivity index (χ3v) is 4.38. The van der Waals surface area contributed by atoms with Crippen LogP contribution in [-0.4, -0.2) is 15.9 Å². The maximum atomic E-state index is 12.6. The van der Waals surface area contributed by atoms with Crippen molar-refractivity contribution in [1.29, 1.82) is 0 Å².